The van der Waals surface area contributed by atoms with Crippen LogP contribution in [0.2, 0.25) is 0 Å². The van der Waals surface area contributed by atoms with E-state index >= 15 is 0 Å². The van der Waals surface area contributed by atoms with Gasteiger partial charge in [-0.05, 0) is 40.0 Å². The largest absolute Gasteiger partial charge is 0.504 e. The number of methoxy groups -OCH3 is 1. The number of benzene rings is 2. The van der Waals surface area contributed by atoms with Gasteiger partial charge in [-0.25, -0.2) is 5.43 Å². The molecule has 23 heavy (non-hydrogen) atoms. The molecule has 0 atom stereocenters. The fraction of sp³-hybridized carbons (Fsp3) is 0.176. The Morgan fingerprint density at radius 1 is 1.30 bits per heavy atom. The number of halogens is 1. The molecule has 0 saturated heterocycles. The van der Waals surface area contributed by atoms with E-state index in [4.69, 9.17) is 4.74 Å². The van der Waals surface area contributed by atoms with Crippen molar-refractivity contribution in [1.29, 1.82) is 0 Å². The van der Waals surface area contributed by atoms with Gasteiger partial charge < -0.3 is 9.84 Å². The maximum atomic E-state index is 11.8. The summed E-state index contributed by atoms with van der Waals surface area (Å²) in [4.78, 5) is 11.8. The number of carbonyl (C=O) groups excluding carboxylic acids is 1. The van der Waals surface area contributed by atoms with Crippen LogP contribution in [0.5, 0.6) is 11.5 Å². The van der Waals surface area contributed by atoms with Crippen LogP contribution in [0.25, 0.3) is 0 Å². The van der Waals surface area contributed by atoms with E-state index in [2.05, 4.69) is 26.5 Å². The van der Waals surface area contributed by atoms with Gasteiger partial charge in [0.15, 0.2) is 11.5 Å². The van der Waals surface area contributed by atoms with Gasteiger partial charge in [-0.15, -0.1) is 0 Å². The second kappa shape index (κ2) is 8.33. The standard InChI is InChI=1S/C17H17BrN2O3/c1-23-15-9-8-14(18)13(17(15)22)11-19-20-16(21)10-7-12-5-3-2-4-6-12/h2-6,8-9,11,22H,7,10H2,1H3,(H,20,21)/b19-11+. The number of hydrazone groups is 1. The van der Waals surface area contributed by atoms with Gasteiger partial charge in [-0.2, -0.15) is 5.10 Å². The van der Waals surface area contributed by atoms with E-state index in [1.165, 1.54) is 13.3 Å². The zero-order valence-corrected chi connectivity index (χ0v) is 14.2. The first-order valence-electron chi connectivity index (χ1n) is 7.03. The third-order valence-electron chi connectivity index (χ3n) is 3.21. The fourth-order valence-electron chi connectivity index (χ4n) is 1.98. The Morgan fingerprint density at radius 3 is 2.74 bits per heavy atom. The number of hydrogen-bond acceptors (Lipinski definition) is 4. The quantitative estimate of drug-likeness (QED) is 0.600. The normalized spacial score (nSPS) is 10.7. The Balaban J connectivity index is 1.93. The topological polar surface area (TPSA) is 70.9 Å². The molecule has 0 saturated carbocycles. The molecule has 2 N–H and O–H groups in total. The number of nitrogens with zero attached hydrogens (tertiary/aromatic N) is 1. The van der Waals surface area contributed by atoms with E-state index in [9.17, 15) is 9.90 Å². The molecular formula is C17H17BrN2O3. The van der Waals surface area contributed by atoms with Crippen molar-refractivity contribution in [3.63, 3.8) is 0 Å². The lowest BCUT2D eigenvalue weighted by molar-refractivity contribution is -0.121. The number of hydrogen-bond donors (Lipinski definition) is 2. The van der Waals surface area contributed by atoms with Crippen molar-refractivity contribution < 1.29 is 14.6 Å². The molecule has 0 bridgehead atoms. The maximum absolute atomic E-state index is 11.8. The monoisotopic (exact) mass is 376 g/mol. The van der Waals surface area contributed by atoms with Gasteiger partial charge in [-0.1, -0.05) is 30.3 Å². The molecule has 0 aromatic heterocycles. The van der Waals surface area contributed by atoms with Gasteiger partial charge in [0, 0.05) is 10.9 Å². The molecule has 120 valence electrons. The van der Waals surface area contributed by atoms with E-state index in [1.54, 1.807) is 12.1 Å². The minimum absolute atomic E-state index is 0.0378. The summed E-state index contributed by atoms with van der Waals surface area (Å²) in [5.41, 5.74) is 3.99. The Bertz CT molecular complexity index is 702. The van der Waals surface area contributed by atoms with Crippen LogP contribution in [0.3, 0.4) is 0 Å². The van der Waals surface area contributed by atoms with E-state index in [-0.39, 0.29) is 11.7 Å². The SMILES string of the molecule is COc1ccc(Br)c(/C=N/NC(=O)CCc2ccccc2)c1O. The van der Waals surface area contributed by atoms with Crippen LogP contribution in [0.4, 0.5) is 0 Å². The average Bonchev–Trinajstić information content (AvgIpc) is 2.57. The first kappa shape index (κ1) is 17.0. The Kier molecular flexibility index (Phi) is 6.17. The number of amides is 1. The van der Waals surface area contributed by atoms with Crippen molar-refractivity contribution in [2.45, 2.75) is 12.8 Å². The van der Waals surface area contributed by atoms with E-state index in [1.807, 2.05) is 30.3 Å². The molecule has 0 heterocycles. The number of carbonyl (C=O) groups is 1. The second-order valence-electron chi connectivity index (χ2n) is 4.79. The number of aryl methyl sites for hydroxylation is 1. The van der Waals surface area contributed by atoms with Crippen LogP contribution in [-0.2, 0) is 11.2 Å². The predicted molar refractivity (Wildman–Crippen MR) is 92.9 cm³/mol. The van der Waals surface area contributed by atoms with Crippen molar-refractivity contribution in [1.82, 2.24) is 5.43 Å². The van der Waals surface area contributed by atoms with Crippen molar-refractivity contribution in [2.75, 3.05) is 7.11 Å². The summed E-state index contributed by atoms with van der Waals surface area (Å²) in [6, 6.07) is 13.1. The zero-order valence-electron chi connectivity index (χ0n) is 12.6. The number of ether oxygens (including phenoxy) is 1. The summed E-state index contributed by atoms with van der Waals surface area (Å²) in [6.07, 6.45) is 2.37. The Morgan fingerprint density at radius 2 is 2.04 bits per heavy atom. The summed E-state index contributed by atoms with van der Waals surface area (Å²) in [5, 5.41) is 13.9. The summed E-state index contributed by atoms with van der Waals surface area (Å²) in [5.74, 6) is 0.109. The number of phenolic OH excluding ortho intramolecular Hbond substituents is 1. The molecular weight excluding hydrogens is 360 g/mol. The molecule has 0 radical (unpaired) electrons. The molecule has 0 unspecified atom stereocenters. The van der Waals surface area contributed by atoms with Crippen LogP contribution in [-0.4, -0.2) is 24.3 Å². The first-order chi connectivity index (χ1) is 11.1. The van der Waals surface area contributed by atoms with Gasteiger partial charge in [0.25, 0.3) is 0 Å². The summed E-state index contributed by atoms with van der Waals surface area (Å²) < 4.78 is 5.69. The molecule has 0 fully saturated rings. The van der Waals surface area contributed by atoms with Crippen molar-refractivity contribution in [2.24, 2.45) is 5.10 Å². The minimum atomic E-state index is -0.191. The third kappa shape index (κ3) is 4.82. The van der Waals surface area contributed by atoms with Gasteiger partial charge in [0.1, 0.15) is 0 Å². The minimum Gasteiger partial charge on any atom is -0.504 e. The van der Waals surface area contributed by atoms with E-state index in [0.717, 1.165) is 5.56 Å². The van der Waals surface area contributed by atoms with Gasteiger partial charge in [0.05, 0.1) is 18.9 Å². The molecule has 0 aliphatic rings. The molecule has 1 amide bonds. The molecule has 6 heteroatoms. The van der Waals surface area contributed by atoms with Crippen molar-refractivity contribution in [3.8, 4) is 11.5 Å². The first-order valence-corrected chi connectivity index (χ1v) is 7.82. The molecule has 0 spiro atoms. The van der Waals surface area contributed by atoms with Crippen LogP contribution in [0.15, 0.2) is 52.0 Å². The van der Waals surface area contributed by atoms with Crippen LogP contribution >= 0.6 is 15.9 Å². The highest BCUT2D eigenvalue weighted by Crippen LogP contribution is 2.33. The molecule has 2 aromatic carbocycles. The van der Waals surface area contributed by atoms with Crippen LogP contribution in [0, 0.1) is 0 Å². The zero-order chi connectivity index (χ0) is 16.7. The number of aromatic hydroxyl groups is 1. The van der Waals surface area contributed by atoms with Gasteiger partial charge in [-0.3, -0.25) is 4.79 Å². The van der Waals surface area contributed by atoms with Crippen molar-refractivity contribution in [3.05, 3.63) is 58.1 Å². The lowest BCUT2D eigenvalue weighted by Crippen LogP contribution is -2.17. The fourth-order valence-corrected chi connectivity index (χ4v) is 2.40. The number of rotatable bonds is 6. The lowest BCUT2D eigenvalue weighted by atomic mass is 10.1. The summed E-state index contributed by atoms with van der Waals surface area (Å²) in [7, 11) is 1.47. The average molecular weight is 377 g/mol. The van der Waals surface area contributed by atoms with Gasteiger partial charge in [0.2, 0.25) is 5.91 Å². The highest BCUT2D eigenvalue weighted by Gasteiger charge is 2.10. The molecule has 2 rings (SSSR count). The second-order valence-corrected chi connectivity index (χ2v) is 5.65. The Labute approximate surface area is 143 Å². The summed E-state index contributed by atoms with van der Waals surface area (Å²) >= 11 is 3.32. The predicted octanol–water partition coefficient (Wildman–Crippen LogP) is 3.25. The molecule has 5 nitrogen and oxygen atoms in total. The van der Waals surface area contributed by atoms with E-state index < -0.39 is 0 Å². The van der Waals surface area contributed by atoms with Crippen LogP contribution in [0.1, 0.15) is 17.5 Å². The molecule has 0 aliphatic heterocycles. The Hall–Kier alpha value is -2.34. The molecule has 0 aliphatic carbocycles. The maximum Gasteiger partial charge on any atom is 0.240 e. The van der Waals surface area contributed by atoms with E-state index in [0.29, 0.717) is 28.6 Å². The van der Waals surface area contributed by atoms with Crippen molar-refractivity contribution >= 4 is 28.1 Å². The summed E-state index contributed by atoms with van der Waals surface area (Å²) in [6.45, 7) is 0. The molecule has 2 aromatic rings. The highest BCUT2D eigenvalue weighted by molar-refractivity contribution is 9.10. The number of nitrogens with one attached hydrogen (secondary N) is 1. The third-order valence-corrected chi connectivity index (χ3v) is 3.90. The highest BCUT2D eigenvalue weighted by atomic mass is 79.9. The van der Waals surface area contributed by atoms with Gasteiger partial charge >= 0.3 is 0 Å². The smallest absolute Gasteiger partial charge is 0.240 e. The van der Waals surface area contributed by atoms with Crippen LogP contribution < -0.4 is 10.2 Å². The lowest BCUT2D eigenvalue weighted by Gasteiger charge is -2.07. The number of phenols is 1.